The summed E-state index contributed by atoms with van der Waals surface area (Å²) in [4.78, 5) is 12.2. The number of hydrogen-bond acceptors (Lipinski definition) is 6. The van der Waals surface area contributed by atoms with Crippen molar-refractivity contribution >= 4 is 16.0 Å². The molecule has 0 saturated heterocycles. The molecule has 1 amide bonds. The zero-order valence-electron chi connectivity index (χ0n) is 21.4. The number of aliphatic hydroxyl groups is 3. The van der Waals surface area contributed by atoms with Gasteiger partial charge >= 0.3 is 0 Å². The molecule has 35 heavy (non-hydrogen) atoms. The molecule has 202 valence electrons. The van der Waals surface area contributed by atoms with Crippen LogP contribution in [0, 0.1) is 46.3 Å². The Hall–Kier alpha value is -0.740. The van der Waals surface area contributed by atoms with Gasteiger partial charge in [0.15, 0.2) is 0 Å². The van der Waals surface area contributed by atoms with Crippen LogP contribution in [-0.4, -0.2) is 64.8 Å². The second-order valence-electron chi connectivity index (χ2n) is 12.7. The highest BCUT2D eigenvalue weighted by atomic mass is 32.2. The molecule has 0 aromatic carbocycles. The maximum absolute atomic E-state index is 12.2. The molecule has 4 aliphatic carbocycles. The van der Waals surface area contributed by atoms with E-state index in [0.29, 0.717) is 18.8 Å². The maximum Gasteiger partial charge on any atom is 0.266 e. The van der Waals surface area contributed by atoms with Gasteiger partial charge in [0.05, 0.1) is 24.1 Å². The minimum Gasteiger partial charge on any atom is -0.393 e. The average Bonchev–Trinajstić information content (AvgIpc) is 3.12. The van der Waals surface area contributed by atoms with Crippen LogP contribution in [0.25, 0.3) is 0 Å². The van der Waals surface area contributed by atoms with Crippen molar-refractivity contribution < 1.29 is 33.1 Å². The lowest BCUT2D eigenvalue weighted by Gasteiger charge is -2.63. The van der Waals surface area contributed by atoms with Gasteiger partial charge in [0.1, 0.15) is 0 Å². The fraction of sp³-hybridized carbons (Fsp3) is 0.962. The first-order chi connectivity index (χ1) is 16.3. The van der Waals surface area contributed by atoms with Crippen molar-refractivity contribution in [1.82, 2.24) is 5.32 Å². The standard InChI is InChI=1S/C26H45NO7S/c1-15(4-7-23(31)27-10-11-35(32,33)34)18-5-6-19-24-20(14-22(30)26(18,19)3)25(2)9-8-17(28)12-16(25)13-21(24)29/h15-22,24,28-30H,4-14H2,1-3H3,(H,27,31)(H,32,33,34)/t15-,16-,17+,18+,19-,20-,21?,22-,24?,25-,26+/m0/s1. The van der Waals surface area contributed by atoms with Crippen LogP contribution in [0.4, 0.5) is 0 Å². The van der Waals surface area contributed by atoms with Crippen molar-refractivity contribution in [3.8, 4) is 0 Å². The Morgan fingerprint density at radius 3 is 2.46 bits per heavy atom. The topological polar surface area (TPSA) is 144 Å². The monoisotopic (exact) mass is 515 g/mol. The Morgan fingerprint density at radius 1 is 1.06 bits per heavy atom. The molecule has 2 unspecified atom stereocenters. The van der Waals surface area contributed by atoms with Crippen LogP contribution in [0.5, 0.6) is 0 Å². The van der Waals surface area contributed by atoms with Crippen LogP contribution in [0.3, 0.4) is 0 Å². The van der Waals surface area contributed by atoms with E-state index in [9.17, 15) is 28.5 Å². The van der Waals surface area contributed by atoms with Gasteiger partial charge in [-0.2, -0.15) is 8.42 Å². The van der Waals surface area contributed by atoms with Gasteiger partial charge in [-0.1, -0.05) is 20.8 Å². The Kier molecular flexibility index (Phi) is 7.69. The van der Waals surface area contributed by atoms with Crippen molar-refractivity contribution in [2.24, 2.45) is 46.3 Å². The van der Waals surface area contributed by atoms with Gasteiger partial charge in [0.25, 0.3) is 10.1 Å². The Labute approximate surface area is 210 Å². The highest BCUT2D eigenvalue weighted by Crippen LogP contribution is 2.68. The molecule has 0 bridgehead atoms. The van der Waals surface area contributed by atoms with Crippen LogP contribution in [0.2, 0.25) is 0 Å². The molecule has 0 radical (unpaired) electrons. The van der Waals surface area contributed by atoms with Gasteiger partial charge in [-0.25, -0.2) is 0 Å². The number of amides is 1. The fourth-order valence-corrected chi connectivity index (χ4v) is 9.46. The van der Waals surface area contributed by atoms with Crippen LogP contribution < -0.4 is 5.32 Å². The number of aliphatic hydroxyl groups excluding tert-OH is 3. The molecule has 8 nitrogen and oxygen atoms in total. The third kappa shape index (κ3) is 5.05. The molecular weight excluding hydrogens is 470 g/mol. The lowest BCUT2D eigenvalue weighted by atomic mass is 9.43. The lowest BCUT2D eigenvalue weighted by molar-refractivity contribution is -0.207. The smallest absolute Gasteiger partial charge is 0.266 e. The number of fused-ring (bicyclic) bond motifs is 5. The lowest BCUT2D eigenvalue weighted by Crippen LogP contribution is -2.62. The molecule has 5 N–H and O–H groups in total. The molecule has 0 aromatic rings. The predicted octanol–water partition coefficient (Wildman–Crippen LogP) is 2.37. The third-order valence-corrected chi connectivity index (χ3v) is 11.7. The van der Waals surface area contributed by atoms with Crippen molar-refractivity contribution in [2.75, 3.05) is 12.3 Å². The molecule has 9 heteroatoms. The van der Waals surface area contributed by atoms with Gasteiger partial charge < -0.3 is 20.6 Å². The van der Waals surface area contributed by atoms with Crippen molar-refractivity contribution in [2.45, 2.75) is 96.9 Å². The van der Waals surface area contributed by atoms with E-state index in [-0.39, 0.29) is 65.4 Å². The zero-order valence-corrected chi connectivity index (χ0v) is 22.2. The Bertz CT molecular complexity index is 896. The van der Waals surface area contributed by atoms with Gasteiger partial charge in [0.2, 0.25) is 5.91 Å². The van der Waals surface area contributed by atoms with E-state index in [0.717, 1.165) is 38.5 Å². The zero-order chi connectivity index (χ0) is 25.8. The van der Waals surface area contributed by atoms with Crippen molar-refractivity contribution in [1.29, 1.82) is 0 Å². The summed E-state index contributed by atoms with van der Waals surface area (Å²) in [6.07, 6.45) is 5.67. The van der Waals surface area contributed by atoms with Crippen LogP contribution in [-0.2, 0) is 14.9 Å². The molecule has 4 fully saturated rings. The van der Waals surface area contributed by atoms with Crippen LogP contribution in [0.1, 0.15) is 78.6 Å². The molecule has 0 aromatic heterocycles. The highest BCUT2D eigenvalue weighted by molar-refractivity contribution is 7.85. The predicted molar refractivity (Wildman–Crippen MR) is 132 cm³/mol. The third-order valence-electron chi connectivity index (χ3n) is 11.0. The van der Waals surface area contributed by atoms with Crippen LogP contribution in [0.15, 0.2) is 0 Å². The summed E-state index contributed by atoms with van der Waals surface area (Å²) >= 11 is 0. The molecule has 0 spiro atoms. The Morgan fingerprint density at radius 2 is 1.77 bits per heavy atom. The molecule has 11 atom stereocenters. The summed E-state index contributed by atoms with van der Waals surface area (Å²) in [5, 5.41) is 35.8. The fourth-order valence-electron chi connectivity index (χ4n) is 9.10. The number of hydrogen-bond donors (Lipinski definition) is 5. The summed E-state index contributed by atoms with van der Waals surface area (Å²) in [6, 6.07) is 0. The van der Waals surface area contributed by atoms with Crippen molar-refractivity contribution in [3.63, 3.8) is 0 Å². The number of nitrogens with one attached hydrogen (secondary N) is 1. The number of rotatable bonds is 7. The van der Waals surface area contributed by atoms with E-state index in [4.69, 9.17) is 4.55 Å². The van der Waals surface area contributed by atoms with E-state index in [1.807, 2.05) is 0 Å². The summed E-state index contributed by atoms with van der Waals surface area (Å²) in [6.45, 7) is 6.56. The van der Waals surface area contributed by atoms with Crippen molar-refractivity contribution in [3.05, 3.63) is 0 Å². The van der Waals surface area contributed by atoms with Gasteiger partial charge in [0, 0.05) is 13.0 Å². The summed E-state index contributed by atoms with van der Waals surface area (Å²) in [7, 11) is -4.10. The molecule has 0 aliphatic heterocycles. The SMILES string of the molecule is C[C@@H](CCC(=O)NCCS(=O)(=O)O)[C@H]1CC[C@H]2C3C(O)C[C@@H]4C[C@H](O)CC[C@]4(C)[C@H]3C[C@H](O)[C@]12C. The molecule has 4 aliphatic rings. The van der Waals surface area contributed by atoms with Gasteiger partial charge in [-0.3, -0.25) is 9.35 Å². The summed E-state index contributed by atoms with van der Waals surface area (Å²) in [5.41, 5.74) is -0.254. The first-order valence-corrected chi connectivity index (χ1v) is 15.1. The molecule has 0 heterocycles. The minimum absolute atomic E-state index is 0.0509. The maximum atomic E-state index is 12.2. The second kappa shape index (κ2) is 9.86. The Balaban J connectivity index is 1.43. The highest BCUT2D eigenvalue weighted by Gasteiger charge is 2.65. The number of carbonyl (C=O) groups is 1. The van der Waals surface area contributed by atoms with E-state index >= 15 is 0 Å². The average molecular weight is 516 g/mol. The summed E-state index contributed by atoms with van der Waals surface area (Å²) < 4.78 is 30.5. The van der Waals surface area contributed by atoms with Gasteiger partial charge in [-0.05, 0) is 97.7 Å². The first-order valence-electron chi connectivity index (χ1n) is 13.5. The van der Waals surface area contributed by atoms with E-state index in [1.165, 1.54) is 0 Å². The van der Waals surface area contributed by atoms with Gasteiger partial charge in [-0.15, -0.1) is 0 Å². The molecular formula is C26H45NO7S. The number of carbonyl (C=O) groups excluding carboxylic acids is 1. The van der Waals surface area contributed by atoms with E-state index in [1.54, 1.807) is 0 Å². The van der Waals surface area contributed by atoms with E-state index in [2.05, 4.69) is 26.1 Å². The molecule has 4 saturated carbocycles. The first kappa shape index (κ1) is 27.3. The van der Waals surface area contributed by atoms with E-state index < -0.39 is 28.1 Å². The quantitative estimate of drug-likeness (QED) is 0.327. The second-order valence-corrected chi connectivity index (χ2v) is 14.2. The normalized spacial score (nSPS) is 46.3. The van der Waals surface area contributed by atoms with Crippen LogP contribution >= 0.6 is 0 Å². The molecule has 4 rings (SSSR count). The largest absolute Gasteiger partial charge is 0.393 e. The summed E-state index contributed by atoms with van der Waals surface area (Å²) in [5.74, 6) is 0.705. The minimum atomic E-state index is -4.10.